The average molecular weight is 206 g/mol. The SMILES string of the molecule is CCC(C)(CO)NS(=O)(=O)CC#N. The molecule has 0 amide bonds. The van der Waals surface area contributed by atoms with Crippen LogP contribution in [-0.2, 0) is 10.0 Å². The molecule has 0 aliphatic rings. The van der Waals surface area contributed by atoms with Gasteiger partial charge in [0.05, 0.1) is 18.2 Å². The molecule has 0 saturated carbocycles. The van der Waals surface area contributed by atoms with Gasteiger partial charge in [0.2, 0.25) is 10.0 Å². The van der Waals surface area contributed by atoms with Crippen molar-refractivity contribution < 1.29 is 13.5 Å². The van der Waals surface area contributed by atoms with E-state index in [0.717, 1.165) is 0 Å². The second-order valence-corrected chi connectivity index (χ2v) is 4.81. The van der Waals surface area contributed by atoms with Gasteiger partial charge in [-0.05, 0) is 13.3 Å². The molecule has 5 nitrogen and oxygen atoms in total. The second kappa shape index (κ2) is 4.56. The van der Waals surface area contributed by atoms with Gasteiger partial charge in [0.1, 0.15) is 0 Å². The Balaban J connectivity index is 4.52. The maximum absolute atomic E-state index is 11.1. The van der Waals surface area contributed by atoms with Crippen LogP contribution in [0, 0.1) is 11.3 Å². The molecule has 13 heavy (non-hydrogen) atoms. The highest BCUT2D eigenvalue weighted by atomic mass is 32.2. The number of hydrogen-bond donors (Lipinski definition) is 2. The van der Waals surface area contributed by atoms with Crippen molar-refractivity contribution in [3.63, 3.8) is 0 Å². The molecule has 2 N–H and O–H groups in total. The fraction of sp³-hybridized carbons (Fsp3) is 0.857. The van der Waals surface area contributed by atoms with Crippen molar-refractivity contribution in [1.29, 1.82) is 5.26 Å². The Labute approximate surface area is 78.4 Å². The summed E-state index contributed by atoms with van der Waals surface area (Å²) in [6.07, 6.45) is 0.466. The third kappa shape index (κ3) is 4.22. The van der Waals surface area contributed by atoms with Gasteiger partial charge in [-0.2, -0.15) is 5.26 Å². The summed E-state index contributed by atoms with van der Waals surface area (Å²) < 4.78 is 24.5. The standard InChI is InChI=1S/C7H14N2O3S/c1-3-7(2,6-10)9-13(11,12)5-4-8/h9-10H,3,5-6H2,1-2H3. The molecule has 0 spiro atoms. The van der Waals surface area contributed by atoms with Gasteiger partial charge in [-0.1, -0.05) is 6.92 Å². The summed E-state index contributed by atoms with van der Waals surface area (Å²) in [5.41, 5.74) is -0.865. The summed E-state index contributed by atoms with van der Waals surface area (Å²) in [7, 11) is -3.58. The average Bonchev–Trinajstić information content (AvgIpc) is 2.03. The predicted molar refractivity (Wildman–Crippen MR) is 48.3 cm³/mol. The van der Waals surface area contributed by atoms with E-state index >= 15 is 0 Å². The largest absolute Gasteiger partial charge is 0.394 e. The van der Waals surface area contributed by atoms with Crippen molar-refractivity contribution in [2.75, 3.05) is 12.4 Å². The van der Waals surface area contributed by atoms with E-state index in [1.54, 1.807) is 19.9 Å². The number of rotatable bonds is 5. The van der Waals surface area contributed by atoms with Gasteiger partial charge in [0, 0.05) is 0 Å². The quantitative estimate of drug-likeness (QED) is 0.640. The third-order valence-corrected chi connectivity index (χ3v) is 3.10. The van der Waals surface area contributed by atoms with Crippen LogP contribution in [-0.4, -0.2) is 31.4 Å². The van der Waals surface area contributed by atoms with E-state index in [2.05, 4.69) is 4.72 Å². The summed E-state index contributed by atoms with van der Waals surface area (Å²) in [6, 6.07) is 1.55. The Morgan fingerprint density at radius 3 is 2.46 bits per heavy atom. The summed E-state index contributed by atoms with van der Waals surface area (Å²) in [4.78, 5) is 0. The lowest BCUT2D eigenvalue weighted by molar-refractivity contribution is 0.191. The number of aliphatic hydroxyl groups is 1. The van der Waals surface area contributed by atoms with Gasteiger partial charge in [-0.25, -0.2) is 13.1 Å². The first-order valence-corrected chi connectivity index (χ1v) is 5.54. The van der Waals surface area contributed by atoms with Gasteiger partial charge in [0.25, 0.3) is 0 Å². The maximum Gasteiger partial charge on any atom is 0.225 e. The minimum absolute atomic E-state index is 0.284. The molecule has 0 fully saturated rings. The van der Waals surface area contributed by atoms with E-state index in [1.165, 1.54) is 0 Å². The van der Waals surface area contributed by atoms with Crippen molar-refractivity contribution in [1.82, 2.24) is 4.72 Å². The third-order valence-electron chi connectivity index (χ3n) is 1.79. The highest BCUT2D eigenvalue weighted by molar-refractivity contribution is 7.89. The van der Waals surface area contributed by atoms with E-state index in [-0.39, 0.29) is 6.61 Å². The lowest BCUT2D eigenvalue weighted by Gasteiger charge is -2.25. The number of sulfonamides is 1. The Kier molecular flexibility index (Phi) is 4.33. The summed E-state index contributed by atoms with van der Waals surface area (Å²) in [5, 5.41) is 17.1. The normalized spacial score (nSPS) is 16.2. The smallest absolute Gasteiger partial charge is 0.225 e. The van der Waals surface area contributed by atoms with Crippen LogP contribution in [0.1, 0.15) is 20.3 Å². The first-order valence-electron chi connectivity index (χ1n) is 3.88. The fourth-order valence-electron chi connectivity index (χ4n) is 0.713. The van der Waals surface area contributed by atoms with Crippen molar-refractivity contribution >= 4 is 10.0 Å². The molecule has 6 heteroatoms. The first-order chi connectivity index (χ1) is 5.89. The highest BCUT2D eigenvalue weighted by Gasteiger charge is 2.26. The lowest BCUT2D eigenvalue weighted by atomic mass is 10.0. The van der Waals surface area contributed by atoms with Crippen LogP contribution >= 0.6 is 0 Å². The zero-order chi connectivity index (χ0) is 10.5. The van der Waals surface area contributed by atoms with Gasteiger partial charge >= 0.3 is 0 Å². The Bertz CT molecular complexity index is 287. The molecule has 0 aromatic carbocycles. The summed E-state index contributed by atoms with van der Waals surface area (Å²) in [6.45, 7) is 3.06. The van der Waals surface area contributed by atoms with E-state index in [9.17, 15) is 8.42 Å². The summed E-state index contributed by atoms with van der Waals surface area (Å²) >= 11 is 0. The molecule has 0 aliphatic carbocycles. The van der Waals surface area contributed by atoms with Crippen LogP contribution in [0.25, 0.3) is 0 Å². The van der Waals surface area contributed by atoms with Crippen LogP contribution in [0.15, 0.2) is 0 Å². The minimum atomic E-state index is -3.58. The van der Waals surface area contributed by atoms with Gasteiger partial charge in [-0.15, -0.1) is 0 Å². The molecule has 0 aromatic heterocycles. The molecule has 0 saturated heterocycles. The van der Waals surface area contributed by atoms with Gasteiger partial charge in [0.15, 0.2) is 5.75 Å². The number of hydrogen-bond acceptors (Lipinski definition) is 4. The van der Waals surface area contributed by atoms with Gasteiger partial charge < -0.3 is 5.11 Å². The topological polar surface area (TPSA) is 90.2 Å². The molecule has 0 aliphatic heterocycles. The Morgan fingerprint density at radius 1 is 1.62 bits per heavy atom. The number of nitrogens with zero attached hydrogens (tertiary/aromatic N) is 1. The van der Waals surface area contributed by atoms with Crippen molar-refractivity contribution in [2.45, 2.75) is 25.8 Å². The molecule has 76 valence electrons. The predicted octanol–water partition coefficient (Wildman–Crippen LogP) is -0.410. The molecule has 0 aromatic rings. The fourth-order valence-corrected chi connectivity index (χ4v) is 1.91. The zero-order valence-electron chi connectivity index (χ0n) is 7.74. The van der Waals surface area contributed by atoms with Crippen LogP contribution in [0.2, 0.25) is 0 Å². The Hall–Kier alpha value is -0.640. The highest BCUT2D eigenvalue weighted by Crippen LogP contribution is 2.09. The van der Waals surface area contributed by atoms with Crippen LogP contribution in [0.4, 0.5) is 0 Å². The first kappa shape index (κ1) is 12.4. The molecule has 0 rings (SSSR count). The minimum Gasteiger partial charge on any atom is -0.394 e. The van der Waals surface area contributed by atoms with E-state index in [1.807, 2.05) is 0 Å². The molecule has 1 unspecified atom stereocenters. The van der Waals surface area contributed by atoms with E-state index < -0.39 is 21.3 Å². The van der Waals surface area contributed by atoms with Crippen LogP contribution in [0.5, 0.6) is 0 Å². The number of aliphatic hydroxyl groups excluding tert-OH is 1. The molecule has 0 heterocycles. The Morgan fingerprint density at radius 2 is 2.15 bits per heavy atom. The molecular weight excluding hydrogens is 192 g/mol. The second-order valence-electron chi connectivity index (χ2n) is 3.09. The zero-order valence-corrected chi connectivity index (χ0v) is 8.56. The summed E-state index contributed by atoms with van der Waals surface area (Å²) in [5.74, 6) is -0.581. The lowest BCUT2D eigenvalue weighted by Crippen LogP contribution is -2.48. The van der Waals surface area contributed by atoms with Crippen molar-refractivity contribution in [2.24, 2.45) is 0 Å². The maximum atomic E-state index is 11.1. The molecule has 0 bridgehead atoms. The van der Waals surface area contributed by atoms with Crippen LogP contribution < -0.4 is 4.72 Å². The number of nitriles is 1. The van der Waals surface area contributed by atoms with Crippen molar-refractivity contribution in [3.8, 4) is 6.07 Å². The molecular formula is C7H14N2O3S. The van der Waals surface area contributed by atoms with Gasteiger partial charge in [-0.3, -0.25) is 0 Å². The van der Waals surface area contributed by atoms with E-state index in [4.69, 9.17) is 10.4 Å². The molecule has 0 radical (unpaired) electrons. The molecule has 1 atom stereocenters. The monoisotopic (exact) mass is 206 g/mol. The van der Waals surface area contributed by atoms with E-state index in [0.29, 0.717) is 6.42 Å². The number of nitrogens with one attached hydrogen (secondary N) is 1. The van der Waals surface area contributed by atoms with Crippen LogP contribution in [0.3, 0.4) is 0 Å². The van der Waals surface area contributed by atoms with Crippen molar-refractivity contribution in [3.05, 3.63) is 0 Å².